The van der Waals surface area contributed by atoms with E-state index >= 15 is 0 Å². The highest BCUT2D eigenvalue weighted by atomic mass is 35.5. The van der Waals surface area contributed by atoms with Gasteiger partial charge in [0.25, 0.3) is 0 Å². The third kappa shape index (κ3) is 2.50. The zero-order valence-electron chi connectivity index (χ0n) is 10.7. The summed E-state index contributed by atoms with van der Waals surface area (Å²) in [4.78, 5) is 0. The molecule has 0 bridgehead atoms. The number of rotatable bonds is 3. The first kappa shape index (κ1) is 13.3. The van der Waals surface area contributed by atoms with Gasteiger partial charge < -0.3 is 5.43 Å². The van der Waals surface area contributed by atoms with Crippen molar-refractivity contribution in [3.05, 3.63) is 57.3 Å². The van der Waals surface area contributed by atoms with Crippen molar-refractivity contribution >= 4 is 23.2 Å². The van der Waals surface area contributed by atoms with E-state index in [-0.39, 0.29) is 6.04 Å². The first-order valence-electron chi connectivity index (χ1n) is 5.86. The van der Waals surface area contributed by atoms with E-state index in [2.05, 4.69) is 43.0 Å². The number of hydrogen-bond donors (Lipinski definition) is 1. The van der Waals surface area contributed by atoms with E-state index in [1.54, 1.807) is 6.07 Å². The molecule has 0 amide bonds. The van der Waals surface area contributed by atoms with Crippen LogP contribution in [0.4, 0.5) is 0 Å². The van der Waals surface area contributed by atoms with Gasteiger partial charge in [-0.15, -0.1) is 0 Å². The summed E-state index contributed by atoms with van der Waals surface area (Å²) >= 11 is 12.3. The lowest BCUT2D eigenvalue weighted by molar-refractivity contribution is 0.699. The van der Waals surface area contributed by atoms with Crippen molar-refractivity contribution in [3.8, 4) is 0 Å². The van der Waals surface area contributed by atoms with Crippen molar-refractivity contribution < 1.29 is 0 Å². The topological polar surface area (TPSA) is 17.0 Å². The Morgan fingerprint density at radius 1 is 1.06 bits per heavy atom. The van der Waals surface area contributed by atoms with Gasteiger partial charge in [-0.1, -0.05) is 35.3 Å². The lowest BCUT2D eigenvalue weighted by atomic mass is 10.1. The molecule has 1 aromatic carbocycles. The molecule has 2 rings (SSSR count). The predicted octanol–water partition coefficient (Wildman–Crippen LogP) is 4.72. The number of aromatic nitrogens is 1. The average molecular weight is 283 g/mol. The van der Waals surface area contributed by atoms with E-state index in [0.29, 0.717) is 10.0 Å². The number of aryl methyl sites for hydroxylation is 2. The van der Waals surface area contributed by atoms with E-state index < -0.39 is 0 Å². The quantitative estimate of drug-likeness (QED) is 0.862. The summed E-state index contributed by atoms with van der Waals surface area (Å²) in [5.41, 5.74) is 6.74. The highest BCUT2D eigenvalue weighted by Gasteiger charge is 2.12. The van der Waals surface area contributed by atoms with Gasteiger partial charge in [-0.2, -0.15) is 0 Å². The molecule has 0 fully saturated rings. The van der Waals surface area contributed by atoms with E-state index in [4.69, 9.17) is 23.2 Å². The molecular weight excluding hydrogens is 267 g/mol. The van der Waals surface area contributed by atoms with Gasteiger partial charge in [-0.25, -0.2) is 0 Å². The first-order valence-corrected chi connectivity index (χ1v) is 6.61. The Morgan fingerprint density at radius 2 is 1.67 bits per heavy atom. The van der Waals surface area contributed by atoms with E-state index in [0.717, 1.165) is 17.0 Å². The van der Waals surface area contributed by atoms with Crippen LogP contribution in [0.5, 0.6) is 0 Å². The summed E-state index contributed by atoms with van der Waals surface area (Å²) in [6.45, 7) is 6.19. The first-order chi connectivity index (χ1) is 8.50. The molecule has 1 atom stereocenters. The van der Waals surface area contributed by atoms with Crippen LogP contribution in [0.1, 0.15) is 29.9 Å². The SMILES string of the molecule is Cc1ccc(C)n1NC(C)c1cccc(Cl)c1Cl. The Hall–Kier alpha value is -1.12. The summed E-state index contributed by atoms with van der Waals surface area (Å²) in [6.07, 6.45) is 0. The van der Waals surface area contributed by atoms with Crippen molar-refractivity contribution in [2.75, 3.05) is 5.43 Å². The zero-order chi connectivity index (χ0) is 13.3. The summed E-state index contributed by atoms with van der Waals surface area (Å²) in [7, 11) is 0. The lowest BCUT2D eigenvalue weighted by Crippen LogP contribution is -2.21. The van der Waals surface area contributed by atoms with Crippen LogP contribution in [0.25, 0.3) is 0 Å². The van der Waals surface area contributed by atoms with Crippen LogP contribution in [0.3, 0.4) is 0 Å². The molecule has 0 radical (unpaired) electrons. The molecule has 0 aliphatic heterocycles. The smallest absolute Gasteiger partial charge is 0.0660 e. The Bertz CT molecular complexity index is 541. The summed E-state index contributed by atoms with van der Waals surface area (Å²) in [5, 5.41) is 1.20. The van der Waals surface area contributed by atoms with Crippen LogP contribution < -0.4 is 5.43 Å². The molecule has 0 spiro atoms. The Morgan fingerprint density at radius 3 is 2.28 bits per heavy atom. The van der Waals surface area contributed by atoms with Gasteiger partial charge in [0.1, 0.15) is 0 Å². The molecule has 1 heterocycles. The third-order valence-electron chi connectivity index (χ3n) is 3.04. The molecule has 0 aliphatic rings. The number of benzene rings is 1. The van der Waals surface area contributed by atoms with Crippen molar-refractivity contribution in [2.24, 2.45) is 0 Å². The molecule has 2 nitrogen and oxygen atoms in total. The Balaban J connectivity index is 2.28. The average Bonchev–Trinajstić information content (AvgIpc) is 2.64. The zero-order valence-corrected chi connectivity index (χ0v) is 12.2. The van der Waals surface area contributed by atoms with Crippen LogP contribution in [0, 0.1) is 13.8 Å². The highest BCUT2D eigenvalue weighted by molar-refractivity contribution is 6.42. The molecule has 1 N–H and O–H groups in total. The standard InChI is InChI=1S/C14H16Cl2N2/c1-9-7-8-10(2)18(9)17-11(3)12-5-4-6-13(15)14(12)16/h4-8,11,17H,1-3H3. The third-order valence-corrected chi connectivity index (χ3v) is 3.88. The van der Waals surface area contributed by atoms with Crippen molar-refractivity contribution in [1.29, 1.82) is 0 Å². The molecule has 18 heavy (non-hydrogen) atoms. The molecule has 0 aliphatic carbocycles. The van der Waals surface area contributed by atoms with E-state index in [1.165, 1.54) is 0 Å². The second-order valence-electron chi connectivity index (χ2n) is 4.45. The minimum atomic E-state index is 0.0843. The van der Waals surface area contributed by atoms with Crippen molar-refractivity contribution in [3.63, 3.8) is 0 Å². The van der Waals surface area contributed by atoms with Gasteiger partial charge in [-0.05, 0) is 44.5 Å². The maximum Gasteiger partial charge on any atom is 0.0660 e. The van der Waals surface area contributed by atoms with Crippen LogP contribution in [-0.2, 0) is 0 Å². The minimum Gasteiger partial charge on any atom is -0.319 e. The molecule has 4 heteroatoms. The van der Waals surface area contributed by atoms with Crippen LogP contribution >= 0.6 is 23.2 Å². The highest BCUT2D eigenvalue weighted by Crippen LogP contribution is 2.30. The molecule has 96 valence electrons. The maximum atomic E-state index is 6.23. The van der Waals surface area contributed by atoms with Crippen LogP contribution in [0.15, 0.2) is 30.3 Å². The number of nitrogens with one attached hydrogen (secondary N) is 1. The van der Waals surface area contributed by atoms with Crippen molar-refractivity contribution in [2.45, 2.75) is 26.8 Å². The Kier molecular flexibility index (Phi) is 3.88. The second-order valence-corrected chi connectivity index (χ2v) is 5.23. The summed E-state index contributed by atoms with van der Waals surface area (Å²) in [6, 6.07) is 9.94. The van der Waals surface area contributed by atoms with Gasteiger partial charge in [0.15, 0.2) is 0 Å². The van der Waals surface area contributed by atoms with E-state index in [1.807, 2.05) is 12.1 Å². The van der Waals surface area contributed by atoms with Gasteiger partial charge in [0.05, 0.1) is 16.1 Å². The molecule has 0 saturated carbocycles. The van der Waals surface area contributed by atoms with Crippen LogP contribution in [0.2, 0.25) is 10.0 Å². The van der Waals surface area contributed by atoms with Gasteiger partial charge >= 0.3 is 0 Å². The van der Waals surface area contributed by atoms with Gasteiger partial charge in [0.2, 0.25) is 0 Å². The second kappa shape index (κ2) is 5.25. The molecule has 1 unspecified atom stereocenters. The maximum absolute atomic E-state index is 6.23. The summed E-state index contributed by atoms with van der Waals surface area (Å²) in [5.74, 6) is 0. The molecule has 0 saturated heterocycles. The van der Waals surface area contributed by atoms with Crippen molar-refractivity contribution in [1.82, 2.24) is 4.68 Å². The van der Waals surface area contributed by atoms with Crippen LogP contribution in [-0.4, -0.2) is 4.68 Å². The lowest BCUT2D eigenvalue weighted by Gasteiger charge is -2.21. The fraction of sp³-hybridized carbons (Fsp3) is 0.286. The minimum absolute atomic E-state index is 0.0843. The molecule has 2 aromatic rings. The van der Waals surface area contributed by atoms with Gasteiger partial charge in [0, 0.05) is 11.4 Å². The normalized spacial score (nSPS) is 12.5. The number of hydrogen-bond acceptors (Lipinski definition) is 1. The fourth-order valence-electron chi connectivity index (χ4n) is 1.99. The number of halogens is 2. The summed E-state index contributed by atoms with van der Waals surface area (Å²) < 4.78 is 2.06. The molecular formula is C14H16Cl2N2. The van der Waals surface area contributed by atoms with E-state index in [9.17, 15) is 0 Å². The monoisotopic (exact) mass is 282 g/mol. The Labute approximate surface area is 117 Å². The predicted molar refractivity (Wildman–Crippen MR) is 78.1 cm³/mol. The largest absolute Gasteiger partial charge is 0.319 e. The fourth-order valence-corrected chi connectivity index (χ4v) is 2.46. The number of nitrogens with zero attached hydrogens (tertiary/aromatic N) is 1. The van der Waals surface area contributed by atoms with Gasteiger partial charge in [-0.3, -0.25) is 4.68 Å². The molecule has 1 aromatic heterocycles.